The molecular weight excluding hydrogens is 456 g/mol. The molecule has 0 radical (unpaired) electrons. The van der Waals surface area contributed by atoms with Gasteiger partial charge in [0.25, 0.3) is 0 Å². The molecule has 0 fully saturated rings. The zero-order valence-corrected chi connectivity index (χ0v) is 17.3. The smallest absolute Gasteiger partial charge is 0.258 e. The van der Waals surface area contributed by atoms with E-state index in [1.807, 2.05) is 4.98 Å². The summed E-state index contributed by atoms with van der Waals surface area (Å²) in [4.78, 5) is 39.0. The Bertz CT molecular complexity index is 1210. The number of H-pyrrole nitrogens is 1. The molecule has 6 nitrogen and oxygen atoms in total. The fourth-order valence-corrected chi connectivity index (χ4v) is 4.28. The number of nitrogens with one attached hydrogen (secondary N) is 1. The number of benzene rings is 2. The molecule has 1 aromatic heterocycles. The number of rotatable bonds is 3. The van der Waals surface area contributed by atoms with Gasteiger partial charge in [0, 0.05) is 21.9 Å². The summed E-state index contributed by atoms with van der Waals surface area (Å²) in [7, 11) is 1.24. The Morgan fingerprint density at radius 1 is 0.889 bits per heavy atom. The normalized spacial score (nSPS) is 11.0. The van der Waals surface area contributed by atoms with Gasteiger partial charge < -0.3 is 0 Å². The highest BCUT2D eigenvalue weighted by Crippen LogP contribution is 2.42. The lowest BCUT2D eigenvalue weighted by Crippen LogP contribution is -2.47. The van der Waals surface area contributed by atoms with Crippen LogP contribution in [0.4, 0.5) is 0 Å². The van der Waals surface area contributed by atoms with Crippen LogP contribution in [0.2, 0.25) is 20.1 Å². The zero-order valence-electron chi connectivity index (χ0n) is 13.4. The highest BCUT2D eigenvalue weighted by atomic mass is 35.5. The molecule has 0 amide bonds. The van der Waals surface area contributed by atoms with Gasteiger partial charge in [-0.25, -0.2) is 23.5 Å². The van der Waals surface area contributed by atoms with Crippen molar-refractivity contribution < 1.29 is 0 Å². The van der Waals surface area contributed by atoms with E-state index in [0.29, 0.717) is 19.8 Å². The van der Waals surface area contributed by atoms with Crippen molar-refractivity contribution >= 4 is 58.2 Å². The van der Waals surface area contributed by atoms with Crippen LogP contribution in [-0.4, -0.2) is 14.1 Å². The molecule has 27 heavy (non-hydrogen) atoms. The largest absolute Gasteiger partial charge is 0.340 e. The Kier molecular flexibility index (Phi) is 5.79. The molecule has 3 aromatic rings. The van der Waals surface area contributed by atoms with E-state index >= 15 is 0 Å². The second-order valence-electron chi connectivity index (χ2n) is 5.33. The molecule has 0 saturated carbocycles. The van der Waals surface area contributed by atoms with Crippen LogP contribution in [0.15, 0.2) is 54.5 Å². The highest BCUT2D eigenvalue weighted by molar-refractivity contribution is 7.99. The number of aromatic nitrogens is 3. The number of hydrogen-bond acceptors (Lipinski definition) is 4. The van der Waals surface area contributed by atoms with E-state index in [9.17, 15) is 14.4 Å². The molecule has 3 rings (SSSR count). The second-order valence-corrected chi connectivity index (χ2v) is 8.04. The molecule has 1 heterocycles. The van der Waals surface area contributed by atoms with E-state index in [1.54, 1.807) is 18.2 Å². The van der Waals surface area contributed by atoms with Crippen molar-refractivity contribution in [3.63, 3.8) is 0 Å². The van der Waals surface area contributed by atoms with Gasteiger partial charge in [-0.2, -0.15) is 0 Å². The monoisotopic (exact) mass is 463 g/mol. The van der Waals surface area contributed by atoms with Gasteiger partial charge in [-0.3, -0.25) is 4.98 Å². The first-order valence-electron chi connectivity index (χ1n) is 7.23. The van der Waals surface area contributed by atoms with E-state index < -0.39 is 17.1 Å². The number of hydrogen-bond donors (Lipinski definition) is 1. The van der Waals surface area contributed by atoms with Crippen molar-refractivity contribution in [3.05, 3.63) is 81.9 Å². The zero-order chi connectivity index (χ0) is 19.9. The molecular formula is C16H9Cl4N3O3S. The van der Waals surface area contributed by atoms with Gasteiger partial charge in [0.1, 0.15) is 0 Å². The third-order valence-corrected chi connectivity index (χ3v) is 6.25. The quantitative estimate of drug-likeness (QED) is 0.635. The molecule has 0 aliphatic carbocycles. The van der Waals surface area contributed by atoms with Crippen LogP contribution < -0.4 is 17.1 Å². The summed E-state index contributed by atoms with van der Waals surface area (Å²) in [5.41, 5.74) is -2.41. The van der Waals surface area contributed by atoms with Crippen LogP contribution >= 0.6 is 58.2 Å². The molecule has 140 valence electrons. The van der Waals surface area contributed by atoms with E-state index in [2.05, 4.69) is 0 Å². The summed E-state index contributed by atoms with van der Waals surface area (Å²) in [6.45, 7) is 0. The number of aromatic amines is 1. The lowest BCUT2D eigenvalue weighted by molar-refractivity contribution is 0.660. The predicted molar refractivity (Wildman–Crippen MR) is 109 cm³/mol. The van der Waals surface area contributed by atoms with Crippen molar-refractivity contribution in [1.82, 2.24) is 14.1 Å². The Labute approximate surface area is 176 Å². The van der Waals surface area contributed by atoms with E-state index in [0.717, 1.165) is 9.13 Å². The van der Waals surface area contributed by atoms with Gasteiger partial charge in [-0.15, -0.1) is 0 Å². The average molecular weight is 465 g/mol. The van der Waals surface area contributed by atoms with Crippen molar-refractivity contribution in [1.29, 1.82) is 0 Å². The van der Waals surface area contributed by atoms with E-state index in [-0.39, 0.29) is 15.7 Å². The summed E-state index contributed by atoms with van der Waals surface area (Å²) in [6.07, 6.45) is 0. The Morgan fingerprint density at radius 2 is 1.52 bits per heavy atom. The first-order chi connectivity index (χ1) is 12.7. The van der Waals surface area contributed by atoms with Crippen molar-refractivity contribution in [3.8, 4) is 5.69 Å². The molecule has 0 saturated heterocycles. The molecule has 0 aliphatic rings. The van der Waals surface area contributed by atoms with E-state index in [4.69, 9.17) is 46.4 Å². The maximum absolute atomic E-state index is 12.3. The highest BCUT2D eigenvalue weighted by Gasteiger charge is 2.16. The Balaban J connectivity index is 2.12. The van der Waals surface area contributed by atoms with Crippen molar-refractivity contribution in [2.75, 3.05) is 0 Å². The molecule has 11 heteroatoms. The SMILES string of the molecule is Cn1c(=O)[nH]c(=O)n(-c2cc(Cl)c(Sc3ccc(Cl)cc3Cl)c(Cl)c2)c1=O. The third-order valence-electron chi connectivity index (χ3n) is 3.55. The number of nitrogens with zero attached hydrogens (tertiary/aromatic N) is 2. The van der Waals surface area contributed by atoms with Gasteiger partial charge in [-0.1, -0.05) is 58.2 Å². The number of halogens is 4. The molecule has 1 N–H and O–H groups in total. The standard InChI is InChI=1S/C16H9Cl4N3O3S/c1-22-14(24)21-15(25)23(16(22)26)8-5-10(19)13(11(20)6-8)27-12-3-2-7(17)4-9(12)18/h2-6H,1H3,(H,21,24,25). The lowest BCUT2D eigenvalue weighted by Gasteiger charge is -2.12. The first-order valence-corrected chi connectivity index (χ1v) is 9.56. The summed E-state index contributed by atoms with van der Waals surface area (Å²) < 4.78 is 1.53. The Morgan fingerprint density at radius 3 is 2.11 bits per heavy atom. The minimum atomic E-state index is -0.892. The van der Waals surface area contributed by atoms with Crippen molar-refractivity contribution in [2.24, 2.45) is 7.05 Å². The summed E-state index contributed by atoms with van der Waals surface area (Å²) in [6, 6.07) is 7.79. The van der Waals surface area contributed by atoms with Gasteiger partial charge in [-0.05, 0) is 30.3 Å². The summed E-state index contributed by atoms with van der Waals surface area (Å²) >= 11 is 25.9. The molecule has 0 spiro atoms. The molecule has 0 bridgehead atoms. The predicted octanol–water partition coefficient (Wildman–Crippen LogP) is 3.99. The van der Waals surface area contributed by atoms with Gasteiger partial charge in [0.05, 0.1) is 20.8 Å². The third kappa shape index (κ3) is 3.97. The molecule has 0 unspecified atom stereocenters. The van der Waals surface area contributed by atoms with Gasteiger partial charge >= 0.3 is 17.1 Å². The van der Waals surface area contributed by atoms with Gasteiger partial charge in [0.2, 0.25) is 0 Å². The van der Waals surface area contributed by atoms with E-state index in [1.165, 1.54) is 30.9 Å². The van der Waals surface area contributed by atoms with Crippen LogP contribution in [0, 0.1) is 0 Å². The fourth-order valence-electron chi connectivity index (χ4n) is 2.22. The van der Waals surface area contributed by atoms with Crippen LogP contribution in [0.25, 0.3) is 5.69 Å². The van der Waals surface area contributed by atoms with Crippen LogP contribution in [-0.2, 0) is 7.05 Å². The second kappa shape index (κ2) is 7.77. The lowest BCUT2D eigenvalue weighted by atomic mass is 10.3. The minimum Gasteiger partial charge on any atom is -0.258 e. The molecule has 0 aliphatic heterocycles. The fraction of sp³-hybridized carbons (Fsp3) is 0.0625. The topological polar surface area (TPSA) is 76.9 Å². The molecule has 0 atom stereocenters. The van der Waals surface area contributed by atoms with Crippen molar-refractivity contribution in [2.45, 2.75) is 9.79 Å². The maximum atomic E-state index is 12.3. The van der Waals surface area contributed by atoms with Crippen LogP contribution in [0.5, 0.6) is 0 Å². The first kappa shape index (κ1) is 20.1. The van der Waals surface area contributed by atoms with Crippen LogP contribution in [0.1, 0.15) is 0 Å². The average Bonchev–Trinajstić information content (AvgIpc) is 2.58. The molecule has 2 aromatic carbocycles. The van der Waals surface area contributed by atoms with Crippen LogP contribution in [0.3, 0.4) is 0 Å². The summed E-state index contributed by atoms with van der Waals surface area (Å²) in [5, 5.41) is 1.32. The minimum absolute atomic E-state index is 0.124. The Hall–Kier alpha value is -1.64. The maximum Gasteiger partial charge on any atom is 0.340 e. The summed E-state index contributed by atoms with van der Waals surface area (Å²) in [5.74, 6) is 0. The van der Waals surface area contributed by atoms with Gasteiger partial charge in [0.15, 0.2) is 0 Å².